The molecule has 0 spiro atoms. The molecule has 1 unspecified atom stereocenters. The lowest BCUT2D eigenvalue weighted by Gasteiger charge is -2.30. The fourth-order valence-corrected chi connectivity index (χ4v) is 6.41. The number of aromatic nitrogens is 4. The van der Waals surface area contributed by atoms with Crippen LogP contribution in [0.3, 0.4) is 0 Å². The van der Waals surface area contributed by atoms with Gasteiger partial charge in [0.15, 0.2) is 11.2 Å². The fraction of sp³-hybridized carbons (Fsp3) is 0.381. The van der Waals surface area contributed by atoms with Crippen molar-refractivity contribution in [2.75, 3.05) is 18.9 Å². The summed E-state index contributed by atoms with van der Waals surface area (Å²) >= 11 is 12.2. The number of halogens is 2. The summed E-state index contributed by atoms with van der Waals surface area (Å²) in [4.78, 5) is 22.8. The molecular weight excluding hydrogens is 520 g/mol. The summed E-state index contributed by atoms with van der Waals surface area (Å²) in [5, 5.41) is 11.6. The zero-order valence-corrected chi connectivity index (χ0v) is 20.7. The van der Waals surface area contributed by atoms with Crippen molar-refractivity contribution in [2.24, 2.45) is 5.92 Å². The fourth-order valence-electron chi connectivity index (χ4n) is 4.46. The zero-order chi connectivity index (χ0) is 24.9. The maximum atomic E-state index is 13.2. The molecule has 3 aromatic rings. The molecule has 2 aromatic heterocycles. The number of nitrogen functional groups attached to an aromatic ring is 1. The van der Waals surface area contributed by atoms with Gasteiger partial charge < -0.3 is 15.4 Å². The summed E-state index contributed by atoms with van der Waals surface area (Å²) in [5.74, 6) is -0.621. The van der Waals surface area contributed by atoms with E-state index in [1.165, 1.54) is 6.33 Å². The van der Waals surface area contributed by atoms with Crippen molar-refractivity contribution in [2.45, 2.75) is 31.1 Å². The molecule has 5 rings (SSSR count). The lowest BCUT2D eigenvalue weighted by Crippen LogP contribution is -2.22. The molecule has 1 aliphatic carbocycles. The molecular formula is C21H22Cl2N5O6P. The summed E-state index contributed by atoms with van der Waals surface area (Å²) in [7, 11) is -3.93. The first-order chi connectivity index (χ1) is 16.6. The van der Waals surface area contributed by atoms with Crippen molar-refractivity contribution in [3.63, 3.8) is 0 Å². The van der Waals surface area contributed by atoms with Crippen molar-refractivity contribution in [3.8, 4) is 0 Å². The van der Waals surface area contributed by atoms with Crippen LogP contribution in [0.25, 0.3) is 11.2 Å². The Morgan fingerprint density at radius 2 is 2.09 bits per heavy atom. The molecule has 0 bridgehead atoms. The van der Waals surface area contributed by atoms with E-state index in [0.29, 0.717) is 27.6 Å². The van der Waals surface area contributed by atoms with E-state index in [9.17, 15) is 14.5 Å². The SMILES string of the molecule is C=C1[C@H](COP2(=O)OCC[C@H](c3cc(Cl)cc(Cl)c3)O2)[C@@H](O)C[C@@H]1n1cnc2c(=O)[nH]c(N)nc21. The third kappa shape index (κ3) is 4.77. The number of phosphoric acid groups is 1. The number of aliphatic hydroxyl groups is 1. The molecule has 1 saturated carbocycles. The largest absolute Gasteiger partial charge is 0.475 e. The molecule has 35 heavy (non-hydrogen) atoms. The standard InChI is InChI=1S/C21H22Cl2N5O6P/c1-10-14(16(29)7-15(10)28-9-25-18-19(28)26-21(24)27-20(18)30)8-33-35(31)32-3-2-17(34-35)11-4-12(22)6-13(23)5-11/h4-6,9,14-17,29H,1-3,7-8H2,(H3,24,26,27,30)/t14-,15-,16-,17+,35?/m0/s1. The van der Waals surface area contributed by atoms with Crippen LogP contribution in [-0.4, -0.2) is 43.9 Å². The summed E-state index contributed by atoms with van der Waals surface area (Å²) in [6.07, 6.45) is 0.718. The average molecular weight is 542 g/mol. The third-order valence-electron chi connectivity index (χ3n) is 6.17. The molecule has 1 saturated heterocycles. The number of anilines is 1. The highest BCUT2D eigenvalue weighted by molar-refractivity contribution is 7.48. The number of aromatic amines is 1. The Labute approximate surface area is 209 Å². The number of H-pyrrole nitrogens is 1. The van der Waals surface area contributed by atoms with Gasteiger partial charge in [0.2, 0.25) is 5.95 Å². The number of rotatable bonds is 5. The van der Waals surface area contributed by atoms with E-state index in [-0.39, 0.29) is 36.7 Å². The molecule has 0 amide bonds. The molecule has 1 aromatic carbocycles. The van der Waals surface area contributed by atoms with Crippen LogP contribution in [0.5, 0.6) is 0 Å². The Kier molecular flexibility index (Phi) is 6.52. The lowest BCUT2D eigenvalue weighted by atomic mass is 10.0. The number of benzene rings is 1. The predicted molar refractivity (Wildman–Crippen MR) is 129 cm³/mol. The van der Waals surface area contributed by atoms with Crippen LogP contribution in [0.2, 0.25) is 10.0 Å². The molecule has 4 N–H and O–H groups in total. The Morgan fingerprint density at radius 1 is 1.34 bits per heavy atom. The second-order valence-electron chi connectivity index (χ2n) is 8.44. The van der Waals surface area contributed by atoms with Gasteiger partial charge in [0.1, 0.15) is 0 Å². The molecule has 186 valence electrons. The van der Waals surface area contributed by atoms with Crippen LogP contribution < -0.4 is 11.3 Å². The van der Waals surface area contributed by atoms with Crippen molar-refractivity contribution >= 4 is 48.1 Å². The Bertz CT molecular complexity index is 1390. The maximum Gasteiger partial charge on any atom is 0.475 e. The molecule has 1 aliphatic heterocycles. The van der Waals surface area contributed by atoms with Gasteiger partial charge in [0.25, 0.3) is 5.56 Å². The molecule has 2 fully saturated rings. The Hall–Kier alpha value is -2.24. The van der Waals surface area contributed by atoms with Crippen molar-refractivity contribution in [1.82, 2.24) is 19.5 Å². The molecule has 14 heteroatoms. The summed E-state index contributed by atoms with van der Waals surface area (Å²) in [6, 6.07) is 4.53. The number of nitrogens with zero attached hydrogens (tertiary/aromatic N) is 3. The minimum Gasteiger partial charge on any atom is -0.392 e. The van der Waals surface area contributed by atoms with E-state index >= 15 is 0 Å². The zero-order valence-electron chi connectivity index (χ0n) is 18.3. The number of aliphatic hydroxyl groups excluding tert-OH is 1. The van der Waals surface area contributed by atoms with Crippen LogP contribution in [0.4, 0.5) is 5.95 Å². The highest BCUT2D eigenvalue weighted by Gasteiger charge is 2.42. The highest BCUT2D eigenvalue weighted by atomic mass is 35.5. The Balaban J connectivity index is 1.31. The number of hydrogen-bond acceptors (Lipinski definition) is 9. The van der Waals surface area contributed by atoms with Gasteiger partial charge in [0, 0.05) is 22.4 Å². The topological polar surface area (TPSA) is 155 Å². The molecule has 5 atom stereocenters. The lowest BCUT2D eigenvalue weighted by molar-refractivity contribution is 0.0166. The van der Waals surface area contributed by atoms with Crippen molar-refractivity contribution < 1.29 is 23.2 Å². The van der Waals surface area contributed by atoms with Gasteiger partial charge >= 0.3 is 7.82 Å². The summed E-state index contributed by atoms with van der Waals surface area (Å²) in [5.41, 5.74) is 6.88. The van der Waals surface area contributed by atoms with E-state index in [1.54, 1.807) is 22.8 Å². The number of nitrogens with one attached hydrogen (secondary N) is 1. The minimum absolute atomic E-state index is 0.0477. The minimum atomic E-state index is -3.93. The van der Waals surface area contributed by atoms with Gasteiger partial charge in [-0.25, -0.2) is 9.55 Å². The van der Waals surface area contributed by atoms with Crippen LogP contribution in [-0.2, 0) is 18.1 Å². The smallest absolute Gasteiger partial charge is 0.392 e. The first kappa shape index (κ1) is 24.5. The second-order valence-corrected chi connectivity index (χ2v) is 10.9. The number of fused-ring (bicyclic) bond motifs is 1. The van der Waals surface area contributed by atoms with E-state index in [2.05, 4.69) is 21.5 Å². The first-order valence-corrected chi connectivity index (χ1v) is 13.0. The number of nitrogens with two attached hydrogens (primary N) is 1. The molecule has 11 nitrogen and oxygen atoms in total. The van der Waals surface area contributed by atoms with Crippen LogP contribution in [0, 0.1) is 5.92 Å². The van der Waals surface area contributed by atoms with Crippen molar-refractivity contribution in [3.05, 3.63) is 62.6 Å². The molecule has 2 aliphatic rings. The molecule has 3 heterocycles. The van der Waals surface area contributed by atoms with Crippen molar-refractivity contribution in [1.29, 1.82) is 0 Å². The van der Waals surface area contributed by atoms with Gasteiger partial charge in [-0.2, -0.15) is 4.98 Å². The third-order valence-corrected chi connectivity index (χ3v) is 8.09. The highest BCUT2D eigenvalue weighted by Crippen LogP contribution is 2.58. The average Bonchev–Trinajstić information content (AvgIpc) is 3.32. The van der Waals surface area contributed by atoms with E-state index in [1.807, 2.05) is 0 Å². The normalized spacial score (nSPS) is 29.2. The van der Waals surface area contributed by atoms with Crippen LogP contribution >= 0.6 is 31.0 Å². The van der Waals surface area contributed by atoms with Gasteiger partial charge in [-0.3, -0.25) is 23.3 Å². The number of hydrogen-bond donors (Lipinski definition) is 3. The number of imidazole rings is 1. The monoisotopic (exact) mass is 541 g/mol. The van der Waals surface area contributed by atoms with E-state index < -0.39 is 37.5 Å². The van der Waals surface area contributed by atoms with Gasteiger partial charge in [-0.1, -0.05) is 29.8 Å². The summed E-state index contributed by atoms with van der Waals surface area (Å²) < 4.78 is 31.5. The quantitative estimate of drug-likeness (QED) is 0.323. The predicted octanol–water partition coefficient (Wildman–Crippen LogP) is 3.79. The number of phosphoric ester groups is 1. The second kappa shape index (κ2) is 9.33. The van der Waals surface area contributed by atoms with E-state index in [4.69, 9.17) is 42.5 Å². The first-order valence-electron chi connectivity index (χ1n) is 10.8. The Morgan fingerprint density at radius 3 is 2.83 bits per heavy atom. The van der Waals surface area contributed by atoms with Gasteiger partial charge in [-0.15, -0.1) is 0 Å². The van der Waals surface area contributed by atoms with E-state index in [0.717, 1.165) is 0 Å². The summed E-state index contributed by atoms with van der Waals surface area (Å²) in [6.45, 7) is 4.10. The molecule has 0 radical (unpaired) electrons. The van der Waals surface area contributed by atoms with Gasteiger partial charge in [0.05, 0.1) is 37.8 Å². The maximum absolute atomic E-state index is 13.2. The van der Waals surface area contributed by atoms with Crippen LogP contribution in [0.1, 0.15) is 30.6 Å². The van der Waals surface area contributed by atoms with Crippen LogP contribution in [0.15, 0.2) is 41.5 Å². The van der Waals surface area contributed by atoms with Gasteiger partial charge in [-0.05, 0) is 35.8 Å².